The first-order chi connectivity index (χ1) is 14.8. The van der Waals surface area contributed by atoms with Crippen LogP contribution in [0.15, 0.2) is 78.9 Å². The molecule has 0 radical (unpaired) electrons. The molecule has 3 aromatic rings. The molecule has 0 amide bonds. The van der Waals surface area contributed by atoms with E-state index in [2.05, 4.69) is 64.6 Å². The molecular weight excluding hydrogens is 555 g/mol. The second-order valence-electron chi connectivity index (χ2n) is 8.79. The Morgan fingerprint density at radius 1 is 0.875 bits per heavy atom. The molecule has 2 aromatic carbocycles. The zero-order chi connectivity index (χ0) is 22.5. The Kier molecular flexibility index (Phi) is 13.3. The predicted molar refractivity (Wildman–Crippen MR) is 134 cm³/mol. The third-order valence-corrected chi connectivity index (χ3v) is 4.78. The van der Waals surface area contributed by atoms with Crippen molar-refractivity contribution in [3.63, 3.8) is 0 Å². The molecule has 0 N–H and O–H groups in total. The number of aromatic nitrogens is 1. The maximum Gasteiger partial charge on any atom is 0.0201 e. The Morgan fingerprint density at radius 2 is 1.44 bits per heavy atom. The number of nitrogens with zero attached hydrogens (tertiary/aromatic N) is 2. The first-order valence-corrected chi connectivity index (χ1v) is 11.1. The van der Waals surface area contributed by atoms with Crippen molar-refractivity contribution in [2.45, 2.75) is 58.0 Å². The normalized spacial score (nSPS) is 14.8. The summed E-state index contributed by atoms with van der Waals surface area (Å²) in [6, 6.07) is 26.1. The van der Waals surface area contributed by atoms with Crippen LogP contribution in [0.2, 0.25) is 0 Å². The zero-order valence-corrected chi connectivity index (χ0v) is 23.4. The van der Waals surface area contributed by atoms with Gasteiger partial charge in [0, 0.05) is 37.2 Å². The fraction of sp³-hybridized carbons (Fsp3) is 0.310. The Hall–Kier alpha value is -1.84. The fourth-order valence-corrected chi connectivity index (χ4v) is 3.11. The smallest absolute Gasteiger partial charge is 0.0201 e. The number of hydrogen-bond donors (Lipinski definition) is 0. The molecule has 1 unspecified atom stereocenters. The third kappa shape index (κ3) is 12.3. The van der Waals surface area contributed by atoms with Crippen LogP contribution in [0.1, 0.15) is 68.5 Å². The van der Waals surface area contributed by atoms with Gasteiger partial charge in [-0.1, -0.05) is 51.8 Å². The maximum absolute atomic E-state index is 4.73. The van der Waals surface area contributed by atoms with Gasteiger partial charge in [0.2, 0.25) is 0 Å². The van der Waals surface area contributed by atoms with Gasteiger partial charge in [0.1, 0.15) is 0 Å². The van der Waals surface area contributed by atoms with Crippen molar-refractivity contribution in [3.05, 3.63) is 127 Å². The molecule has 32 heavy (non-hydrogen) atoms. The Balaban J connectivity index is 0.000000282. The molecule has 3 heteroatoms. The molecule has 1 aromatic heterocycles. The van der Waals surface area contributed by atoms with E-state index < -0.39 is 0 Å². The minimum atomic E-state index is 0. The standard InChI is InChI=1S/C15H22N2.2C7H7.Hf/c1-15(2,3)16-11-13-9-6-10-14(17-13)12-7-4-5-8-12;2*1-7-5-3-2-4-6-7;/h6-7,9-10,12H,4-5,8,11H2,1-3H3;2*2-6H,1H2;/q-2;2*-1;. The van der Waals surface area contributed by atoms with Crippen molar-refractivity contribution in [1.29, 1.82) is 0 Å². The van der Waals surface area contributed by atoms with Gasteiger partial charge in [0.15, 0.2) is 0 Å². The van der Waals surface area contributed by atoms with Gasteiger partial charge >= 0.3 is 0 Å². The average Bonchev–Trinajstić information content (AvgIpc) is 3.29. The van der Waals surface area contributed by atoms with Crippen LogP contribution in [0.25, 0.3) is 5.32 Å². The van der Waals surface area contributed by atoms with Crippen LogP contribution in [0.5, 0.6) is 0 Å². The van der Waals surface area contributed by atoms with Crippen LogP contribution >= 0.6 is 0 Å². The Labute approximate surface area is 215 Å². The summed E-state index contributed by atoms with van der Waals surface area (Å²) in [7, 11) is 0. The van der Waals surface area contributed by atoms with E-state index in [1.807, 2.05) is 60.7 Å². The SMILES string of the molecule is CC(C)(C)[N-]Cc1cccc(C2[CH-]CCC2)n1.[CH2-]c1ccccc1.[CH2-]c1ccccc1.[Hf]. The van der Waals surface area contributed by atoms with Crippen LogP contribution in [-0.2, 0) is 32.4 Å². The molecule has 1 atom stereocenters. The molecule has 2 nitrogen and oxygen atoms in total. The summed E-state index contributed by atoms with van der Waals surface area (Å²) in [4.78, 5) is 4.73. The van der Waals surface area contributed by atoms with Gasteiger partial charge in [-0.15, -0.1) is 42.3 Å². The van der Waals surface area contributed by atoms with E-state index in [9.17, 15) is 0 Å². The summed E-state index contributed by atoms with van der Waals surface area (Å²) in [6.45, 7) is 14.5. The Bertz CT molecular complexity index is 814. The van der Waals surface area contributed by atoms with Crippen LogP contribution in [-0.4, -0.2) is 10.5 Å². The number of pyridine rings is 1. The van der Waals surface area contributed by atoms with Gasteiger partial charge in [-0.05, 0) is 12.1 Å². The van der Waals surface area contributed by atoms with Gasteiger partial charge in [0.05, 0.1) is 0 Å². The van der Waals surface area contributed by atoms with Gasteiger partial charge < -0.3 is 11.7 Å². The number of hydrogen-bond acceptors (Lipinski definition) is 1. The largest absolute Gasteiger partial charge is 0.652 e. The molecule has 1 fully saturated rings. The van der Waals surface area contributed by atoms with Crippen molar-refractivity contribution < 1.29 is 25.8 Å². The molecule has 1 aliphatic rings. The van der Waals surface area contributed by atoms with Gasteiger partial charge in [-0.3, -0.25) is 4.98 Å². The van der Waals surface area contributed by atoms with Gasteiger partial charge in [-0.2, -0.15) is 55.7 Å². The molecule has 0 saturated heterocycles. The molecule has 170 valence electrons. The molecular formula is C29H36HfN2-4. The summed E-state index contributed by atoms with van der Waals surface area (Å²) in [6.07, 6.45) is 6.20. The van der Waals surface area contributed by atoms with E-state index in [0.717, 1.165) is 23.4 Å². The number of benzene rings is 2. The van der Waals surface area contributed by atoms with E-state index in [0.29, 0.717) is 5.92 Å². The van der Waals surface area contributed by atoms with E-state index in [-0.39, 0.29) is 31.4 Å². The Morgan fingerprint density at radius 3 is 1.84 bits per heavy atom. The summed E-state index contributed by atoms with van der Waals surface area (Å²) in [5.74, 6) is 0.574. The van der Waals surface area contributed by atoms with Gasteiger partial charge in [-0.25, -0.2) is 0 Å². The quantitative estimate of drug-likeness (QED) is 0.225. The summed E-state index contributed by atoms with van der Waals surface area (Å²) < 4.78 is 0. The molecule has 0 aliphatic heterocycles. The minimum Gasteiger partial charge on any atom is -0.652 e. The van der Waals surface area contributed by atoms with Crippen LogP contribution in [0.3, 0.4) is 0 Å². The van der Waals surface area contributed by atoms with Crippen molar-refractivity contribution in [3.8, 4) is 0 Å². The van der Waals surface area contributed by atoms with Crippen molar-refractivity contribution >= 4 is 0 Å². The van der Waals surface area contributed by atoms with Crippen molar-refractivity contribution in [2.24, 2.45) is 0 Å². The maximum atomic E-state index is 4.73. The number of rotatable bonds is 3. The van der Waals surface area contributed by atoms with Crippen LogP contribution < -0.4 is 0 Å². The predicted octanol–water partition coefficient (Wildman–Crippen LogP) is 7.96. The first-order valence-electron chi connectivity index (χ1n) is 11.1. The van der Waals surface area contributed by atoms with E-state index in [4.69, 9.17) is 4.98 Å². The zero-order valence-electron chi connectivity index (χ0n) is 19.8. The summed E-state index contributed by atoms with van der Waals surface area (Å²) in [5, 5.41) is 4.62. The molecule has 1 saturated carbocycles. The van der Waals surface area contributed by atoms with Crippen molar-refractivity contribution in [1.82, 2.24) is 4.98 Å². The third-order valence-electron chi connectivity index (χ3n) is 4.78. The molecule has 0 bridgehead atoms. The average molecular weight is 591 g/mol. The second kappa shape index (κ2) is 15.1. The fourth-order valence-electron chi connectivity index (χ4n) is 3.11. The first kappa shape index (κ1) is 28.2. The van der Waals surface area contributed by atoms with Crippen LogP contribution in [0, 0.1) is 20.3 Å². The second-order valence-corrected chi connectivity index (χ2v) is 8.79. The van der Waals surface area contributed by atoms with E-state index in [1.165, 1.54) is 25.0 Å². The van der Waals surface area contributed by atoms with E-state index >= 15 is 0 Å². The summed E-state index contributed by atoms with van der Waals surface area (Å²) in [5.41, 5.74) is 4.49. The van der Waals surface area contributed by atoms with Crippen LogP contribution in [0.4, 0.5) is 0 Å². The molecule has 4 rings (SSSR count). The minimum absolute atomic E-state index is 0. The molecule has 1 aliphatic carbocycles. The molecule has 1 heterocycles. The van der Waals surface area contributed by atoms with E-state index in [1.54, 1.807) is 0 Å². The monoisotopic (exact) mass is 592 g/mol. The molecule has 0 spiro atoms. The van der Waals surface area contributed by atoms with Crippen molar-refractivity contribution in [2.75, 3.05) is 0 Å². The van der Waals surface area contributed by atoms with Gasteiger partial charge in [0.25, 0.3) is 0 Å². The summed E-state index contributed by atoms with van der Waals surface area (Å²) >= 11 is 0. The topological polar surface area (TPSA) is 27.0 Å².